The van der Waals surface area contributed by atoms with Gasteiger partial charge in [0.25, 0.3) is 0 Å². The topological polar surface area (TPSA) is 114 Å². The van der Waals surface area contributed by atoms with E-state index in [0.29, 0.717) is 28.8 Å². The highest BCUT2D eigenvalue weighted by molar-refractivity contribution is 5.91. The summed E-state index contributed by atoms with van der Waals surface area (Å²) < 4.78 is 6.31. The van der Waals surface area contributed by atoms with Gasteiger partial charge in [-0.25, -0.2) is 9.97 Å². The molecule has 2 N–H and O–H groups in total. The number of nitrogens with one attached hydrogen (secondary N) is 1. The molecule has 246 valence electrons. The van der Waals surface area contributed by atoms with Crippen molar-refractivity contribution < 1.29 is 9.52 Å². The van der Waals surface area contributed by atoms with Crippen LogP contribution in [0, 0.1) is 25.2 Å². The van der Waals surface area contributed by atoms with Gasteiger partial charge >= 0.3 is 0 Å². The number of aliphatic hydroxyl groups is 1. The molecule has 0 saturated carbocycles. The Kier molecular flexibility index (Phi) is 8.30. The number of rotatable bonds is 9. The van der Waals surface area contributed by atoms with E-state index in [9.17, 15) is 10.4 Å². The summed E-state index contributed by atoms with van der Waals surface area (Å²) in [6.07, 6.45) is 6.24. The fourth-order valence-corrected chi connectivity index (χ4v) is 7.43. The molecule has 0 amide bonds. The van der Waals surface area contributed by atoms with Gasteiger partial charge in [-0.3, -0.25) is 14.8 Å². The number of β-amino-alcohol motifs (C(OH)–C–C–N with tert-alkyl or cyclic N) is 1. The van der Waals surface area contributed by atoms with E-state index < -0.39 is 0 Å². The monoisotopic (exact) mass is 649 g/mol. The lowest BCUT2D eigenvalue weighted by Gasteiger charge is -2.39. The van der Waals surface area contributed by atoms with Gasteiger partial charge in [-0.15, -0.1) is 0 Å². The third-order valence-electron chi connectivity index (χ3n) is 10.2. The molecule has 2 aliphatic heterocycles. The van der Waals surface area contributed by atoms with Crippen LogP contribution in [0.25, 0.3) is 44.6 Å². The molecule has 0 radical (unpaired) electrons. The maximum absolute atomic E-state index is 9.97. The van der Waals surface area contributed by atoms with Crippen LogP contribution >= 0.6 is 0 Å². The Hall–Kier alpha value is -5.14. The van der Waals surface area contributed by atoms with E-state index in [4.69, 9.17) is 14.4 Å². The van der Waals surface area contributed by atoms with E-state index in [2.05, 4.69) is 76.4 Å². The standard InChI is InChI=1S/C40H39N7O2/c1-25-32(7-5-9-34(25)40-45-36-18-27(22-46-13-3-4-14-46)17-29(20-41)38(36)49-40)33-8-6-10-35(26(33)2)44-39-37-28(11-12-42-39)19-30(21-43-37)31-23-47(24-31)15-16-48/h5-12,17-19,21,31,48H,3-4,13-16,22-24H2,1-2H3,(H,42,44). The summed E-state index contributed by atoms with van der Waals surface area (Å²) in [4.78, 5) is 19.1. The average molecular weight is 650 g/mol. The molecule has 3 aromatic heterocycles. The lowest BCUT2D eigenvalue weighted by Crippen LogP contribution is -2.46. The molecule has 9 nitrogen and oxygen atoms in total. The van der Waals surface area contributed by atoms with Gasteiger partial charge in [-0.1, -0.05) is 24.3 Å². The van der Waals surface area contributed by atoms with Crippen LogP contribution in [0.15, 0.2) is 77.5 Å². The Bertz CT molecular complexity index is 2220. The van der Waals surface area contributed by atoms with Crippen molar-refractivity contribution in [3.05, 3.63) is 101 Å². The van der Waals surface area contributed by atoms with Crippen LogP contribution < -0.4 is 5.32 Å². The molecule has 6 aromatic rings. The number of anilines is 2. The van der Waals surface area contributed by atoms with Crippen molar-refractivity contribution in [1.29, 1.82) is 5.26 Å². The highest BCUT2D eigenvalue weighted by Gasteiger charge is 2.28. The minimum absolute atomic E-state index is 0.192. The predicted molar refractivity (Wildman–Crippen MR) is 193 cm³/mol. The first-order chi connectivity index (χ1) is 24.0. The second-order valence-corrected chi connectivity index (χ2v) is 13.4. The van der Waals surface area contributed by atoms with Crippen molar-refractivity contribution in [3.8, 4) is 28.7 Å². The quantitative estimate of drug-likeness (QED) is 0.166. The molecule has 0 spiro atoms. The summed E-state index contributed by atoms with van der Waals surface area (Å²) in [6, 6.07) is 23.0. The summed E-state index contributed by atoms with van der Waals surface area (Å²) in [5.74, 6) is 1.67. The molecule has 0 atom stereocenters. The molecule has 8 rings (SSSR count). The summed E-state index contributed by atoms with van der Waals surface area (Å²) in [5.41, 5.74) is 11.1. The molecular formula is C40H39N7O2. The number of likely N-dealkylation sites (tertiary alicyclic amines) is 2. The van der Waals surface area contributed by atoms with Crippen molar-refractivity contribution in [1.82, 2.24) is 24.8 Å². The molecule has 2 aliphatic rings. The van der Waals surface area contributed by atoms with Crippen LogP contribution in [0.1, 0.15) is 46.6 Å². The predicted octanol–water partition coefficient (Wildman–Crippen LogP) is 7.32. The fourth-order valence-electron chi connectivity index (χ4n) is 7.43. The van der Waals surface area contributed by atoms with Crippen molar-refractivity contribution >= 4 is 33.5 Å². The Morgan fingerprint density at radius 3 is 2.51 bits per heavy atom. The van der Waals surface area contributed by atoms with E-state index in [-0.39, 0.29) is 6.61 Å². The van der Waals surface area contributed by atoms with Crippen LogP contribution in [0.3, 0.4) is 0 Å². The smallest absolute Gasteiger partial charge is 0.227 e. The zero-order valence-electron chi connectivity index (χ0n) is 27.9. The number of aliphatic hydroxyl groups excluding tert-OH is 1. The molecule has 0 aliphatic carbocycles. The van der Waals surface area contributed by atoms with E-state index in [1.807, 2.05) is 36.7 Å². The lowest BCUT2D eigenvalue weighted by molar-refractivity contribution is 0.115. The summed E-state index contributed by atoms with van der Waals surface area (Å²) in [5, 5.41) is 23.8. The number of pyridine rings is 2. The van der Waals surface area contributed by atoms with Gasteiger partial charge in [-0.2, -0.15) is 5.26 Å². The number of benzene rings is 3. The minimum atomic E-state index is 0.192. The molecule has 2 fully saturated rings. The number of nitrogens with zero attached hydrogens (tertiary/aromatic N) is 6. The number of hydrogen-bond donors (Lipinski definition) is 2. The van der Waals surface area contributed by atoms with Gasteiger partial charge in [-0.05, 0) is 110 Å². The van der Waals surface area contributed by atoms with Crippen molar-refractivity contribution in [2.45, 2.75) is 39.2 Å². The second kappa shape index (κ2) is 13.1. The molecular weight excluding hydrogens is 610 g/mol. The molecule has 9 heteroatoms. The first-order valence-corrected chi connectivity index (χ1v) is 17.1. The summed E-state index contributed by atoms with van der Waals surface area (Å²) in [6.45, 7) is 10.0. The van der Waals surface area contributed by atoms with Gasteiger partial charge in [0.05, 0.1) is 12.2 Å². The molecule has 49 heavy (non-hydrogen) atoms. The molecule has 0 unspecified atom stereocenters. The SMILES string of the molecule is Cc1c(Nc2nccc3cc(C4CN(CCO)C4)cnc23)cccc1-c1cccc(-c2nc3cc(CN4CCCC4)cc(C#N)c3o2)c1C. The minimum Gasteiger partial charge on any atom is -0.435 e. The molecule has 2 saturated heterocycles. The van der Waals surface area contributed by atoms with Crippen molar-refractivity contribution in [2.75, 3.05) is 44.6 Å². The van der Waals surface area contributed by atoms with E-state index in [1.165, 1.54) is 18.4 Å². The van der Waals surface area contributed by atoms with Crippen molar-refractivity contribution in [3.63, 3.8) is 0 Å². The maximum atomic E-state index is 9.97. The van der Waals surface area contributed by atoms with Gasteiger partial charge in [0.15, 0.2) is 11.4 Å². The highest BCUT2D eigenvalue weighted by Crippen LogP contribution is 2.38. The number of hydrogen-bond acceptors (Lipinski definition) is 9. The number of fused-ring (bicyclic) bond motifs is 2. The molecule has 3 aromatic carbocycles. The number of nitriles is 1. The Labute approximate surface area is 285 Å². The zero-order valence-corrected chi connectivity index (χ0v) is 27.9. The lowest BCUT2D eigenvalue weighted by atomic mass is 9.92. The normalized spacial score (nSPS) is 15.6. The van der Waals surface area contributed by atoms with Crippen LogP contribution in [0.2, 0.25) is 0 Å². The van der Waals surface area contributed by atoms with Gasteiger partial charge in [0.1, 0.15) is 17.1 Å². The maximum Gasteiger partial charge on any atom is 0.227 e. The van der Waals surface area contributed by atoms with Crippen LogP contribution in [0.5, 0.6) is 0 Å². The largest absolute Gasteiger partial charge is 0.435 e. The third kappa shape index (κ3) is 5.93. The van der Waals surface area contributed by atoms with E-state index >= 15 is 0 Å². The first-order valence-electron chi connectivity index (χ1n) is 17.1. The number of oxazole rings is 1. The van der Waals surface area contributed by atoms with Gasteiger partial charge in [0, 0.05) is 61.1 Å². The van der Waals surface area contributed by atoms with Crippen LogP contribution in [-0.2, 0) is 6.54 Å². The van der Waals surface area contributed by atoms with Gasteiger partial charge < -0.3 is 14.8 Å². The van der Waals surface area contributed by atoms with Crippen LogP contribution in [0.4, 0.5) is 11.5 Å². The average Bonchev–Trinajstić information content (AvgIpc) is 3.77. The first kappa shape index (κ1) is 31.1. The van der Waals surface area contributed by atoms with Gasteiger partial charge in [0.2, 0.25) is 5.89 Å². The fraction of sp³-hybridized carbons (Fsp3) is 0.300. The molecule has 5 heterocycles. The number of aromatic nitrogens is 3. The summed E-state index contributed by atoms with van der Waals surface area (Å²) in [7, 11) is 0. The summed E-state index contributed by atoms with van der Waals surface area (Å²) >= 11 is 0. The zero-order chi connectivity index (χ0) is 33.5. The Morgan fingerprint density at radius 1 is 0.939 bits per heavy atom. The van der Waals surface area contributed by atoms with E-state index in [0.717, 1.165) is 94.8 Å². The van der Waals surface area contributed by atoms with Crippen LogP contribution in [-0.4, -0.2) is 69.2 Å². The second-order valence-electron chi connectivity index (χ2n) is 13.4. The Balaban J connectivity index is 1.08. The Morgan fingerprint density at radius 2 is 1.71 bits per heavy atom. The van der Waals surface area contributed by atoms with E-state index in [1.54, 1.807) is 0 Å². The highest BCUT2D eigenvalue weighted by atomic mass is 16.3. The molecule has 0 bridgehead atoms. The van der Waals surface area contributed by atoms with Crippen molar-refractivity contribution in [2.24, 2.45) is 0 Å². The third-order valence-corrected chi connectivity index (χ3v) is 10.2.